The summed E-state index contributed by atoms with van der Waals surface area (Å²) >= 11 is 0. The van der Waals surface area contributed by atoms with E-state index in [-0.39, 0.29) is 5.91 Å². The molecule has 2 aromatic carbocycles. The zero-order valence-corrected chi connectivity index (χ0v) is 21.6. The number of ether oxygens (including phenoxy) is 1. The average Bonchev–Trinajstić information content (AvgIpc) is 3.35. The Hall–Kier alpha value is -3.03. The highest BCUT2D eigenvalue weighted by atomic mass is 16.5. The van der Waals surface area contributed by atoms with Crippen LogP contribution in [-0.4, -0.2) is 68.3 Å². The minimum atomic E-state index is -0.374. The predicted octanol–water partition coefficient (Wildman–Crippen LogP) is 3.82. The number of nitrogens with zero attached hydrogens (tertiary/aromatic N) is 3. The molecule has 0 atom stereocenters. The summed E-state index contributed by atoms with van der Waals surface area (Å²) in [5, 5.41) is 4.59. The molecule has 2 saturated heterocycles. The Morgan fingerprint density at radius 3 is 2.53 bits per heavy atom. The molecule has 3 heterocycles. The summed E-state index contributed by atoms with van der Waals surface area (Å²) in [5.74, 6) is 0.628. The van der Waals surface area contributed by atoms with Crippen molar-refractivity contribution >= 4 is 22.5 Å². The lowest BCUT2D eigenvalue weighted by molar-refractivity contribution is 0.100. The lowest BCUT2D eigenvalue weighted by Crippen LogP contribution is -2.41. The van der Waals surface area contributed by atoms with E-state index in [2.05, 4.69) is 57.2 Å². The number of hydrogen-bond donors (Lipinski definition) is 2. The maximum absolute atomic E-state index is 11.7. The fourth-order valence-electron chi connectivity index (χ4n) is 6.01. The third-order valence-electron chi connectivity index (χ3n) is 8.21. The quantitative estimate of drug-likeness (QED) is 0.503. The number of nitrogens with two attached hydrogens (primary N) is 1. The number of aromatic nitrogens is 1. The van der Waals surface area contributed by atoms with Gasteiger partial charge in [0.1, 0.15) is 5.75 Å². The number of hydrogen-bond acceptors (Lipinski definition) is 5. The number of amides is 1. The maximum Gasteiger partial charge on any atom is 0.248 e. The highest BCUT2D eigenvalue weighted by Crippen LogP contribution is 2.33. The second-order valence-electron chi connectivity index (χ2n) is 10.2. The van der Waals surface area contributed by atoms with Crippen molar-refractivity contribution in [1.29, 1.82) is 0 Å². The molecule has 3 aromatic rings. The minimum Gasteiger partial charge on any atom is -0.496 e. The van der Waals surface area contributed by atoms with Crippen molar-refractivity contribution in [3.63, 3.8) is 0 Å². The number of piperidine rings is 2. The normalized spacial score (nSPS) is 18.1. The van der Waals surface area contributed by atoms with Crippen molar-refractivity contribution in [2.75, 3.05) is 51.8 Å². The van der Waals surface area contributed by atoms with E-state index in [0.717, 1.165) is 68.6 Å². The summed E-state index contributed by atoms with van der Waals surface area (Å²) < 4.78 is 8.14. The largest absolute Gasteiger partial charge is 0.496 e. The van der Waals surface area contributed by atoms with Crippen LogP contribution in [0.5, 0.6) is 5.75 Å². The van der Waals surface area contributed by atoms with Crippen molar-refractivity contribution in [3.05, 3.63) is 59.8 Å². The summed E-state index contributed by atoms with van der Waals surface area (Å²) in [6, 6.07) is 15.4. The van der Waals surface area contributed by atoms with Gasteiger partial charge in [-0.3, -0.25) is 4.79 Å². The number of methoxy groups -OCH3 is 1. The number of rotatable bonds is 8. The summed E-state index contributed by atoms with van der Waals surface area (Å²) in [5.41, 5.74) is 9.87. The van der Waals surface area contributed by atoms with E-state index >= 15 is 0 Å². The second-order valence-corrected chi connectivity index (χ2v) is 10.2. The smallest absolute Gasteiger partial charge is 0.248 e. The topological polar surface area (TPSA) is 75.8 Å². The molecule has 36 heavy (non-hydrogen) atoms. The summed E-state index contributed by atoms with van der Waals surface area (Å²) in [4.78, 5) is 16.8. The number of anilines is 1. The SMILES string of the molecule is CNC1CCN(c2cccc(OC)c2CCN2CCC(n3ccc4ccc(C(N)=O)cc43)CC2)CC1. The van der Waals surface area contributed by atoms with Crippen LogP contribution in [0.25, 0.3) is 10.9 Å². The third kappa shape index (κ3) is 5.08. The Labute approximate surface area is 214 Å². The van der Waals surface area contributed by atoms with Crippen LogP contribution in [0, 0.1) is 0 Å². The van der Waals surface area contributed by atoms with Crippen LogP contribution in [0.15, 0.2) is 48.7 Å². The Kier molecular flexibility index (Phi) is 7.48. The molecule has 0 spiro atoms. The van der Waals surface area contributed by atoms with Gasteiger partial charge in [-0.05, 0) is 74.9 Å². The van der Waals surface area contributed by atoms with Gasteiger partial charge in [0.2, 0.25) is 5.91 Å². The molecule has 7 heteroatoms. The molecule has 0 bridgehead atoms. The van der Waals surface area contributed by atoms with Gasteiger partial charge < -0.3 is 30.2 Å². The first kappa shape index (κ1) is 24.7. The van der Waals surface area contributed by atoms with Crippen LogP contribution < -0.4 is 20.7 Å². The van der Waals surface area contributed by atoms with E-state index in [1.165, 1.54) is 24.1 Å². The van der Waals surface area contributed by atoms with E-state index in [1.807, 2.05) is 18.2 Å². The number of primary amides is 1. The number of nitrogens with one attached hydrogen (secondary N) is 1. The Morgan fingerprint density at radius 1 is 1.06 bits per heavy atom. The van der Waals surface area contributed by atoms with Gasteiger partial charge in [0.25, 0.3) is 0 Å². The number of carbonyl (C=O) groups is 1. The molecule has 7 nitrogen and oxygen atoms in total. The van der Waals surface area contributed by atoms with Gasteiger partial charge in [0, 0.05) is 73.3 Å². The average molecular weight is 490 g/mol. The van der Waals surface area contributed by atoms with Gasteiger partial charge in [-0.15, -0.1) is 0 Å². The fourth-order valence-corrected chi connectivity index (χ4v) is 6.01. The van der Waals surface area contributed by atoms with Crippen molar-refractivity contribution in [2.24, 2.45) is 5.73 Å². The number of carbonyl (C=O) groups excluding carboxylic acids is 1. The van der Waals surface area contributed by atoms with E-state index in [9.17, 15) is 4.79 Å². The monoisotopic (exact) mass is 489 g/mol. The fraction of sp³-hybridized carbons (Fsp3) is 0.483. The summed E-state index contributed by atoms with van der Waals surface area (Å²) in [6.07, 6.45) is 7.70. The van der Waals surface area contributed by atoms with Crippen LogP contribution in [-0.2, 0) is 6.42 Å². The zero-order valence-electron chi connectivity index (χ0n) is 21.6. The number of likely N-dealkylation sites (tertiary alicyclic amines) is 1. The molecule has 0 radical (unpaired) electrons. The zero-order chi connectivity index (χ0) is 25.1. The second kappa shape index (κ2) is 10.9. The molecule has 0 saturated carbocycles. The highest BCUT2D eigenvalue weighted by molar-refractivity contribution is 5.97. The van der Waals surface area contributed by atoms with Crippen LogP contribution in [0.3, 0.4) is 0 Å². The van der Waals surface area contributed by atoms with Crippen molar-refractivity contribution in [1.82, 2.24) is 14.8 Å². The van der Waals surface area contributed by atoms with Gasteiger partial charge in [0.15, 0.2) is 0 Å². The Morgan fingerprint density at radius 2 is 1.83 bits per heavy atom. The van der Waals surface area contributed by atoms with E-state index in [0.29, 0.717) is 17.6 Å². The molecule has 1 aromatic heterocycles. The minimum absolute atomic E-state index is 0.374. The maximum atomic E-state index is 11.7. The van der Waals surface area contributed by atoms with Crippen molar-refractivity contribution < 1.29 is 9.53 Å². The summed E-state index contributed by atoms with van der Waals surface area (Å²) in [6.45, 7) is 5.33. The molecule has 5 rings (SSSR count). The first-order chi connectivity index (χ1) is 17.6. The predicted molar refractivity (Wildman–Crippen MR) is 146 cm³/mol. The molecular weight excluding hydrogens is 450 g/mol. The molecule has 2 fully saturated rings. The Balaban J connectivity index is 1.23. The van der Waals surface area contributed by atoms with E-state index < -0.39 is 0 Å². The molecule has 192 valence electrons. The Bertz CT molecular complexity index is 1190. The molecular formula is C29H39N5O2. The molecule has 2 aliphatic heterocycles. The van der Waals surface area contributed by atoms with Crippen LogP contribution in [0.4, 0.5) is 5.69 Å². The number of fused-ring (bicyclic) bond motifs is 1. The van der Waals surface area contributed by atoms with Gasteiger partial charge in [-0.1, -0.05) is 12.1 Å². The van der Waals surface area contributed by atoms with Crippen LogP contribution in [0.1, 0.15) is 47.6 Å². The molecule has 2 aliphatic rings. The molecule has 0 unspecified atom stereocenters. The summed E-state index contributed by atoms with van der Waals surface area (Å²) in [7, 11) is 3.85. The van der Waals surface area contributed by atoms with Crippen LogP contribution in [0.2, 0.25) is 0 Å². The van der Waals surface area contributed by atoms with Gasteiger partial charge in [-0.25, -0.2) is 0 Å². The molecule has 1 amide bonds. The first-order valence-corrected chi connectivity index (χ1v) is 13.3. The van der Waals surface area contributed by atoms with Crippen LogP contribution >= 0.6 is 0 Å². The van der Waals surface area contributed by atoms with Gasteiger partial charge in [-0.2, -0.15) is 0 Å². The van der Waals surface area contributed by atoms with E-state index in [1.54, 1.807) is 7.11 Å². The lowest BCUT2D eigenvalue weighted by Gasteiger charge is -2.36. The molecule has 3 N–H and O–H groups in total. The first-order valence-electron chi connectivity index (χ1n) is 13.3. The van der Waals surface area contributed by atoms with Crippen molar-refractivity contribution in [2.45, 2.75) is 44.2 Å². The van der Waals surface area contributed by atoms with Gasteiger partial charge >= 0.3 is 0 Å². The van der Waals surface area contributed by atoms with E-state index in [4.69, 9.17) is 10.5 Å². The lowest BCUT2D eigenvalue weighted by atomic mass is 10.00. The molecule has 0 aliphatic carbocycles. The van der Waals surface area contributed by atoms with Gasteiger partial charge in [0.05, 0.1) is 7.11 Å². The number of benzene rings is 2. The standard InChI is InChI=1S/C29H39N5O2/c1-31-23-9-17-33(18-10-23)26-4-3-5-28(36-2)25(26)13-16-32-14-11-24(12-15-32)34-19-8-21-6-7-22(29(30)35)20-27(21)34/h3-8,19-20,23-24,31H,9-18H2,1-2H3,(H2,30,35). The van der Waals surface area contributed by atoms with Crippen molar-refractivity contribution in [3.8, 4) is 5.75 Å². The third-order valence-corrected chi connectivity index (χ3v) is 8.21. The highest BCUT2D eigenvalue weighted by Gasteiger charge is 2.24.